The van der Waals surface area contributed by atoms with Gasteiger partial charge in [-0.15, -0.1) is 11.8 Å². The van der Waals surface area contributed by atoms with Crippen LogP contribution in [0.2, 0.25) is 0 Å². The molecular weight excluding hydrogens is 392 g/mol. The van der Waals surface area contributed by atoms with Gasteiger partial charge in [-0.3, -0.25) is 4.79 Å². The van der Waals surface area contributed by atoms with Crippen LogP contribution >= 0.6 is 11.8 Å². The van der Waals surface area contributed by atoms with Gasteiger partial charge in [0.1, 0.15) is 16.7 Å². The zero-order chi connectivity index (χ0) is 20.8. The highest BCUT2D eigenvalue weighted by molar-refractivity contribution is 8.00. The van der Waals surface area contributed by atoms with E-state index >= 15 is 0 Å². The van der Waals surface area contributed by atoms with Crippen molar-refractivity contribution in [2.45, 2.75) is 74.5 Å². The van der Waals surface area contributed by atoms with Crippen molar-refractivity contribution in [3.05, 3.63) is 47.7 Å². The van der Waals surface area contributed by atoms with Crippen LogP contribution in [0.15, 0.2) is 35.5 Å². The molecule has 1 heterocycles. The highest BCUT2D eigenvalue weighted by Gasteiger charge is 2.22. The second-order valence-corrected chi connectivity index (χ2v) is 9.06. The standard InChI is InChI=1S/C23H27F2NO2S/c1-15(7-2-5-11-21(27)28)22-19(24)13-16(14-20(22)25)18-10-6-12-26-23(18)29-17-8-3-4-9-17/h6,10,12-15,17H,2-5,7-9,11H2,1H3,(H,27,28). The molecule has 1 N–H and O–H groups in total. The van der Waals surface area contributed by atoms with Crippen LogP contribution in [0.4, 0.5) is 8.78 Å². The van der Waals surface area contributed by atoms with E-state index in [4.69, 9.17) is 5.11 Å². The van der Waals surface area contributed by atoms with E-state index in [1.165, 1.54) is 25.0 Å². The van der Waals surface area contributed by atoms with Crippen LogP contribution in [0.5, 0.6) is 0 Å². The molecule has 1 aromatic heterocycles. The lowest BCUT2D eigenvalue weighted by atomic mass is 9.92. The summed E-state index contributed by atoms with van der Waals surface area (Å²) in [5, 5.41) is 10.1. The van der Waals surface area contributed by atoms with E-state index in [9.17, 15) is 13.6 Å². The molecule has 1 aromatic carbocycles. The molecule has 0 spiro atoms. The van der Waals surface area contributed by atoms with Crippen LogP contribution in [-0.4, -0.2) is 21.3 Å². The molecule has 0 saturated heterocycles. The van der Waals surface area contributed by atoms with Crippen LogP contribution in [0.25, 0.3) is 11.1 Å². The summed E-state index contributed by atoms with van der Waals surface area (Å²) < 4.78 is 29.7. The molecule has 156 valence electrons. The second kappa shape index (κ2) is 10.2. The third-order valence-corrected chi connectivity index (χ3v) is 6.87. The average molecular weight is 420 g/mol. The first kappa shape index (κ1) is 21.8. The van der Waals surface area contributed by atoms with Crippen molar-refractivity contribution in [1.29, 1.82) is 0 Å². The number of carboxylic acids is 1. The van der Waals surface area contributed by atoms with Crippen LogP contribution in [0, 0.1) is 11.6 Å². The lowest BCUT2D eigenvalue weighted by Gasteiger charge is -2.16. The van der Waals surface area contributed by atoms with Crippen molar-refractivity contribution in [1.82, 2.24) is 4.98 Å². The number of aliphatic carboxylic acids is 1. The van der Waals surface area contributed by atoms with Crippen LogP contribution in [0.3, 0.4) is 0 Å². The Morgan fingerprint density at radius 1 is 1.24 bits per heavy atom. The minimum absolute atomic E-state index is 0.0814. The molecule has 0 amide bonds. The first-order valence-electron chi connectivity index (χ1n) is 10.3. The summed E-state index contributed by atoms with van der Waals surface area (Å²) in [6.45, 7) is 1.79. The van der Waals surface area contributed by atoms with E-state index in [2.05, 4.69) is 4.98 Å². The number of aromatic nitrogens is 1. The van der Waals surface area contributed by atoms with Gasteiger partial charge in [0.2, 0.25) is 0 Å². The number of nitrogens with zero attached hydrogens (tertiary/aromatic N) is 1. The molecule has 6 heteroatoms. The summed E-state index contributed by atoms with van der Waals surface area (Å²) in [6.07, 6.45) is 8.25. The normalized spacial score (nSPS) is 15.6. The van der Waals surface area contributed by atoms with E-state index in [0.29, 0.717) is 30.1 Å². The molecule has 3 nitrogen and oxygen atoms in total. The minimum Gasteiger partial charge on any atom is -0.481 e. The Kier molecular flexibility index (Phi) is 7.64. The number of carbonyl (C=O) groups is 1. The highest BCUT2D eigenvalue weighted by atomic mass is 32.2. The fraction of sp³-hybridized carbons (Fsp3) is 0.478. The monoisotopic (exact) mass is 419 g/mol. The van der Waals surface area contributed by atoms with Gasteiger partial charge in [0.15, 0.2) is 0 Å². The molecule has 1 unspecified atom stereocenters. The van der Waals surface area contributed by atoms with Crippen LogP contribution < -0.4 is 0 Å². The Hall–Kier alpha value is -1.95. The van der Waals surface area contributed by atoms with Crippen molar-refractivity contribution in [3.8, 4) is 11.1 Å². The molecule has 1 fully saturated rings. The summed E-state index contributed by atoms with van der Waals surface area (Å²) >= 11 is 1.71. The van der Waals surface area contributed by atoms with Crippen molar-refractivity contribution in [2.75, 3.05) is 0 Å². The van der Waals surface area contributed by atoms with E-state index in [1.807, 2.05) is 6.07 Å². The number of hydrogen-bond acceptors (Lipinski definition) is 3. The third kappa shape index (κ3) is 5.78. The Labute approximate surface area is 174 Å². The first-order valence-corrected chi connectivity index (χ1v) is 11.2. The number of pyridine rings is 1. The number of thioether (sulfide) groups is 1. The van der Waals surface area contributed by atoms with Crippen molar-refractivity contribution in [3.63, 3.8) is 0 Å². The summed E-state index contributed by atoms with van der Waals surface area (Å²) in [6, 6.07) is 6.47. The number of unbranched alkanes of at least 4 members (excludes halogenated alkanes) is 1. The SMILES string of the molecule is CC(CCCCC(=O)O)c1c(F)cc(-c2cccnc2SC2CCCC2)cc1F. The predicted octanol–water partition coefficient (Wildman–Crippen LogP) is 6.81. The third-order valence-electron chi connectivity index (χ3n) is 5.51. The van der Waals surface area contributed by atoms with Crippen LogP contribution in [0.1, 0.15) is 69.8 Å². The smallest absolute Gasteiger partial charge is 0.303 e. The maximum Gasteiger partial charge on any atom is 0.303 e. The Bertz CT molecular complexity index is 830. The Morgan fingerprint density at radius 3 is 2.59 bits per heavy atom. The van der Waals surface area contributed by atoms with Crippen molar-refractivity contribution < 1.29 is 18.7 Å². The van der Waals surface area contributed by atoms with Crippen molar-refractivity contribution in [2.24, 2.45) is 0 Å². The molecule has 0 aliphatic heterocycles. The Morgan fingerprint density at radius 2 is 1.93 bits per heavy atom. The van der Waals surface area contributed by atoms with Gasteiger partial charge in [0.05, 0.1) is 0 Å². The molecule has 0 bridgehead atoms. The fourth-order valence-electron chi connectivity index (χ4n) is 3.95. The topological polar surface area (TPSA) is 50.2 Å². The van der Waals surface area contributed by atoms with Crippen molar-refractivity contribution >= 4 is 17.7 Å². The number of benzene rings is 1. The van der Waals surface area contributed by atoms with Gasteiger partial charge in [0, 0.05) is 29.0 Å². The van der Waals surface area contributed by atoms with E-state index in [1.54, 1.807) is 30.9 Å². The maximum atomic E-state index is 14.9. The van der Waals surface area contributed by atoms with E-state index in [-0.39, 0.29) is 17.9 Å². The number of halogens is 2. The van der Waals surface area contributed by atoms with Gasteiger partial charge in [-0.2, -0.15) is 0 Å². The summed E-state index contributed by atoms with van der Waals surface area (Å²) in [4.78, 5) is 15.1. The lowest BCUT2D eigenvalue weighted by molar-refractivity contribution is -0.137. The lowest BCUT2D eigenvalue weighted by Crippen LogP contribution is -2.04. The minimum atomic E-state index is -0.845. The molecule has 3 rings (SSSR count). The molecule has 1 aliphatic carbocycles. The molecule has 1 atom stereocenters. The van der Waals surface area contributed by atoms with Gasteiger partial charge < -0.3 is 5.11 Å². The van der Waals surface area contributed by atoms with Gasteiger partial charge in [-0.25, -0.2) is 13.8 Å². The second-order valence-electron chi connectivity index (χ2n) is 7.77. The van der Waals surface area contributed by atoms with Gasteiger partial charge >= 0.3 is 5.97 Å². The Balaban J connectivity index is 1.78. The molecule has 2 aromatic rings. The van der Waals surface area contributed by atoms with Gasteiger partial charge in [-0.05, 0) is 55.4 Å². The largest absolute Gasteiger partial charge is 0.481 e. The first-order chi connectivity index (χ1) is 14.0. The van der Waals surface area contributed by atoms with E-state index < -0.39 is 17.6 Å². The zero-order valence-corrected chi connectivity index (χ0v) is 17.5. The molecule has 29 heavy (non-hydrogen) atoms. The number of rotatable bonds is 9. The highest BCUT2D eigenvalue weighted by Crippen LogP contribution is 2.39. The summed E-state index contributed by atoms with van der Waals surface area (Å²) in [5.41, 5.74) is 1.36. The zero-order valence-electron chi connectivity index (χ0n) is 16.7. The quantitative estimate of drug-likeness (QED) is 0.454. The summed E-state index contributed by atoms with van der Waals surface area (Å²) in [5.74, 6) is -2.25. The molecule has 1 aliphatic rings. The molecule has 1 saturated carbocycles. The number of hydrogen-bond donors (Lipinski definition) is 1. The van der Waals surface area contributed by atoms with E-state index in [0.717, 1.165) is 23.4 Å². The van der Waals surface area contributed by atoms with Gasteiger partial charge in [0.25, 0.3) is 0 Å². The maximum absolute atomic E-state index is 14.9. The van der Waals surface area contributed by atoms with Gasteiger partial charge in [-0.1, -0.05) is 32.3 Å². The molecular formula is C23H27F2NO2S. The van der Waals surface area contributed by atoms with Crippen LogP contribution in [-0.2, 0) is 4.79 Å². The predicted molar refractivity (Wildman–Crippen MR) is 112 cm³/mol. The average Bonchev–Trinajstić information content (AvgIpc) is 3.18. The fourth-order valence-corrected chi connectivity index (χ4v) is 5.27. The molecule has 0 radical (unpaired) electrons. The number of carboxylic acid groups (broad SMARTS) is 1. The summed E-state index contributed by atoms with van der Waals surface area (Å²) in [7, 11) is 0.